The Kier molecular flexibility index (Phi) is 4.25. The maximum Gasteiger partial charge on any atom is 0.234 e. The van der Waals surface area contributed by atoms with Gasteiger partial charge in [0.15, 0.2) is 15.4 Å². The highest BCUT2D eigenvalue weighted by Crippen LogP contribution is 2.34. The van der Waals surface area contributed by atoms with Crippen molar-refractivity contribution in [1.82, 2.24) is 14.8 Å². The van der Waals surface area contributed by atoms with Crippen LogP contribution in [0.25, 0.3) is 0 Å². The van der Waals surface area contributed by atoms with E-state index >= 15 is 0 Å². The number of hydrogen-bond donors (Lipinski definition) is 1. The second-order valence-corrected chi connectivity index (χ2v) is 6.86. The van der Waals surface area contributed by atoms with Gasteiger partial charge in [-0.25, -0.2) is 31.3 Å². The number of alkyl halides is 1. The van der Waals surface area contributed by atoms with E-state index in [0.29, 0.717) is 12.3 Å². The highest BCUT2D eigenvalue weighted by molar-refractivity contribution is 7.91. The molecule has 2 atom stereocenters. The van der Waals surface area contributed by atoms with Crippen LogP contribution in [-0.4, -0.2) is 40.0 Å². The Morgan fingerprint density at radius 1 is 1.41 bits per heavy atom. The fourth-order valence-electron chi connectivity index (χ4n) is 2.04. The minimum Gasteiger partial charge on any atom is -0.379 e. The summed E-state index contributed by atoms with van der Waals surface area (Å²) in [5, 5.41) is 14.2. The molecule has 0 spiro atoms. The summed E-state index contributed by atoms with van der Waals surface area (Å²) in [5.41, 5.74) is -6.33. The molecule has 0 aliphatic heterocycles. The zero-order chi connectivity index (χ0) is 16.5. The van der Waals surface area contributed by atoms with E-state index in [4.69, 9.17) is 0 Å². The molecule has 0 bridgehead atoms. The van der Waals surface area contributed by atoms with Gasteiger partial charge < -0.3 is 5.11 Å². The Morgan fingerprint density at radius 2 is 2.09 bits per heavy atom. The van der Waals surface area contributed by atoms with E-state index in [0.717, 1.165) is 29.5 Å². The summed E-state index contributed by atoms with van der Waals surface area (Å²) in [5.74, 6) is -2.21. The van der Waals surface area contributed by atoms with E-state index in [2.05, 4.69) is 10.1 Å². The van der Waals surface area contributed by atoms with E-state index in [-0.39, 0.29) is 0 Å². The molecule has 2 unspecified atom stereocenters. The normalized spacial score (nSPS) is 16.2. The first kappa shape index (κ1) is 16.4. The number of rotatable bonds is 5. The first-order valence-corrected chi connectivity index (χ1v) is 7.93. The van der Waals surface area contributed by atoms with Crippen LogP contribution in [0, 0.1) is 11.6 Å². The van der Waals surface area contributed by atoms with Crippen LogP contribution in [0.1, 0.15) is 5.56 Å². The van der Waals surface area contributed by atoms with Crippen LogP contribution < -0.4 is 0 Å². The van der Waals surface area contributed by atoms with Crippen LogP contribution in [0.2, 0.25) is 0 Å². The molecule has 22 heavy (non-hydrogen) atoms. The van der Waals surface area contributed by atoms with E-state index in [9.17, 15) is 26.7 Å². The third-order valence-corrected chi connectivity index (χ3v) is 4.16. The number of benzene rings is 1. The molecule has 0 aliphatic carbocycles. The van der Waals surface area contributed by atoms with Gasteiger partial charge in [-0.1, -0.05) is 6.07 Å². The van der Waals surface area contributed by atoms with Crippen LogP contribution in [0.15, 0.2) is 30.9 Å². The van der Waals surface area contributed by atoms with Crippen LogP contribution in [0.4, 0.5) is 13.2 Å². The number of aliphatic hydroxyl groups is 1. The summed E-state index contributed by atoms with van der Waals surface area (Å²) < 4.78 is 65.2. The molecule has 0 saturated carbocycles. The number of aromatic nitrogens is 3. The van der Waals surface area contributed by atoms with Gasteiger partial charge in [-0.3, -0.25) is 0 Å². The molecular formula is C12H12F3N3O3S. The molecule has 10 heteroatoms. The lowest BCUT2D eigenvalue weighted by atomic mass is 9.94. The van der Waals surface area contributed by atoms with Crippen molar-refractivity contribution in [2.75, 3.05) is 6.26 Å². The van der Waals surface area contributed by atoms with Crippen molar-refractivity contribution in [3.05, 3.63) is 48.1 Å². The Labute approximate surface area is 124 Å². The molecule has 0 amide bonds. The van der Waals surface area contributed by atoms with Gasteiger partial charge in [-0.05, 0) is 6.07 Å². The highest BCUT2D eigenvalue weighted by atomic mass is 32.2. The zero-order valence-corrected chi connectivity index (χ0v) is 12.1. The number of hydrogen-bond acceptors (Lipinski definition) is 5. The lowest BCUT2D eigenvalue weighted by molar-refractivity contribution is -0.0287. The monoisotopic (exact) mass is 335 g/mol. The van der Waals surface area contributed by atoms with Crippen molar-refractivity contribution < 1.29 is 26.7 Å². The van der Waals surface area contributed by atoms with E-state index in [1.54, 1.807) is 0 Å². The molecule has 1 heterocycles. The van der Waals surface area contributed by atoms with Crippen molar-refractivity contribution in [2.24, 2.45) is 0 Å². The second kappa shape index (κ2) is 5.69. The Balaban J connectivity index is 2.58. The second-order valence-electron chi connectivity index (χ2n) is 4.79. The van der Waals surface area contributed by atoms with E-state index < -0.39 is 44.7 Å². The molecule has 0 fully saturated rings. The minimum atomic E-state index is -4.38. The summed E-state index contributed by atoms with van der Waals surface area (Å²) in [7, 11) is -4.38. The molecule has 6 nitrogen and oxygen atoms in total. The van der Waals surface area contributed by atoms with E-state index in [1.807, 2.05) is 0 Å². The fourth-order valence-corrected chi connectivity index (χ4v) is 2.95. The number of nitrogens with zero attached hydrogens (tertiary/aromatic N) is 3. The summed E-state index contributed by atoms with van der Waals surface area (Å²) in [4.78, 5) is 3.57. The van der Waals surface area contributed by atoms with Gasteiger partial charge in [0, 0.05) is 17.9 Å². The first-order chi connectivity index (χ1) is 10.1. The predicted octanol–water partition coefficient (Wildman–Crippen LogP) is 0.784. The van der Waals surface area contributed by atoms with Crippen molar-refractivity contribution >= 4 is 9.84 Å². The van der Waals surface area contributed by atoms with E-state index in [1.165, 1.54) is 0 Å². The summed E-state index contributed by atoms with van der Waals surface area (Å²) in [6.45, 7) is -0.718. The third kappa shape index (κ3) is 3.12. The predicted molar refractivity (Wildman–Crippen MR) is 70.0 cm³/mol. The number of halogens is 3. The fraction of sp³-hybridized carbons (Fsp3) is 0.333. The highest BCUT2D eigenvalue weighted by Gasteiger charge is 2.47. The summed E-state index contributed by atoms with van der Waals surface area (Å²) in [6.07, 6.45) is 2.74. The standard InChI is InChI=1S/C12H12F3N3O3S/c1-22(20,21)11(15)12(19,5-18-7-16-6-17-18)9-3-2-8(13)4-10(9)14/h2-4,6-7,11,19H,5H2,1H3. The lowest BCUT2D eigenvalue weighted by Crippen LogP contribution is -2.45. The van der Waals surface area contributed by atoms with Crippen LogP contribution in [-0.2, 0) is 22.0 Å². The van der Waals surface area contributed by atoms with Gasteiger partial charge in [0.2, 0.25) is 5.50 Å². The number of sulfone groups is 1. The van der Waals surface area contributed by atoms with Gasteiger partial charge in [0.25, 0.3) is 0 Å². The average molecular weight is 335 g/mol. The average Bonchev–Trinajstić information content (AvgIpc) is 2.89. The van der Waals surface area contributed by atoms with Gasteiger partial charge in [-0.15, -0.1) is 0 Å². The zero-order valence-electron chi connectivity index (χ0n) is 11.3. The van der Waals surface area contributed by atoms with Gasteiger partial charge in [-0.2, -0.15) is 5.10 Å². The molecule has 1 aromatic heterocycles. The SMILES string of the molecule is CS(=O)(=O)C(F)C(O)(Cn1cncn1)c1ccc(F)cc1F. The topological polar surface area (TPSA) is 85.1 Å². The van der Waals surface area contributed by atoms with Crippen LogP contribution in [0.5, 0.6) is 0 Å². The third-order valence-electron chi connectivity index (χ3n) is 3.02. The maximum atomic E-state index is 14.4. The Bertz CT molecular complexity index is 767. The lowest BCUT2D eigenvalue weighted by Gasteiger charge is -2.30. The van der Waals surface area contributed by atoms with Crippen molar-refractivity contribution in [3.63, 3.8) is 0 Å². The Morgan fingerprint density at radius 3 is 2.59 bits per heavy atom. The summed E-state index contributed by atoms with van der Waals surface area (Å²) >= 11 is 0. The molecule has 0 saturated heterocycles. The van der Waals surface area contributed by atoms with Crippen LogP contribution >= 0.6 is 0 Å². The quantitative estimate of drug-likeness (QED) is 0.873. The summed E-state index contributed by atoms with van der Waals surface area (Å²) in [6, 6.07) is 2.01. The largest absolute Gasteiger partial charge is 0.379 e. The molecule has 2 rings (SSSR count). The molecule has 0 radical (unpaired) electrons. The molecule has 2 aromatic rings. The van der Waals surface area contributed by atoms with Gasteiger partial charge >= 0.3 is 0 Å². The molecule has 1 N–H and O–H groups in total. The van der Waals surface area contributed by atoms with Crippen molar-refractivity contribution in [2.45, 2.75) is 17.6 Å². The molecular weight excluding hydrogens is 323 g/mol. The van der Waals surface area contributed by atoms with Crippen molar-refractivity contribution in [3.8, 4) is 0 Å². The molecule has 1 aromatic carbocycles. The maximum absolute atomic E-state index is 14.4. The van der Waals surface area contributed by atoms with Gasteiger partial charge in [0.1, 0.15) is 24.3 Å². The Hall–Kier alpha value is -1.94. The molecule has 0 aliphatic rings. The first-order valence-electron chi connectivity index (χ1n) is 5.98. The van der Waals surface area contributed by atoms with Gasteiger partial charge in [0.05, 0.1) is 6.54 Å². The van der Waals surface area contributed by atoms with Crippen LogP contribution in [0.3, 0.4) is 0 Å². The molecule has 120 valence electrons. The smallest absolute Gasteiger partial charge is 0.234 e. The van der Waals surface area contributed by atoms with Crippen molar-refractivity contribution in [1.29, 1.82) is 0 Å². The minimum absolute atomic E-state index is 0.427.